The maximum atomic E-state index is 12.5. The lowest BCUT2D eigenvalue weighted by molar-refractivity contribution is 0.0687. The first-order valence-electron chi connectivity index (χ1n) is 10.6. The van der Waals surface area contributed by atoms with E-state index in [0.29, 0.717) is 5.02 Å². The van der Waals surface area contributed by atoms with Crippen LogP contribution in [0.3, 0.4) is 0 Å². The predicted octanol–water partition coefficient (Wildman–Crippen LogP) is 4.96. The Kier molecular flexibility index (Phi) is 7.37. The Morgan fingerprint density at radius 2 is 1.59 bits per heavy atom. The standard InChI is InChI=1S/C26H22ClN3O4/c27-21-11-9-19(10-12-21)24(18-7-5-17(6-8-18)20-15-29-30-16-20)34-14-13-28-25(31)22-3-1-2-4-23(22)26(32)33/h1-12,15-16,24H,13-14H2,(H,28,31)(H,29,30)(H,32,33). The Morgan fingerprint density at radius 1 is 0.941 bits per heavy atom. The van der Waals surface area contributed by atoms with Gasteiger partial charge in [-0.25, -0.2) is 4.79 Å². The lowest BCUT2D eigenvalue weighted by Crippen LogP contribution is -2.29. The molecule has 0 aliphatic carbocycles. The fraction of sp³-hybridized carbons (Fsp3) is 0.115. The zero-order chi connectivity index (χ0) is 23.9. The second-order valence-electron chi connectivity index (χ2n) is 7.52. The Bertz CT molecular complexity index is 1260. The minimum absolute atomic E-state index is 0.0438. The molecule has 1 amide bonds. The second-order valence-corrected chi connectivity index (χ2v) is 7.95. The number of nitrogens with one attached hydrogen (secondary N) is 2. The number of carbonyl (C=O) groups excluding carboxylic acids is 1. The van der Waals surface area contributed by atoms with Crippen molar-refractivity contribution in [2.75, 3.05) is 13.2 Å². The van der Waals surface area contributed by atoms with Crippen LogP contribution < -0.4 is 5.32 Å². The molecule has 4 rings (SSSR count). The molecule has 0 saturated heterocycles. The predicted molar refractivity (Wildman–Crippen MR) is 129 cm³/mol. The zero-order valence-electron chi connectivity index (χ0n) is 18.1. The van der Waals surface area contributed by atoms with Crippen molar-refractivity contribution in [3.05, 3.63) is 112 Å². The quantitative estimate of drug-likeness (QED) is 0.297. The topological polar surface area (TPSA) is 104 Å². The number of aromatic amines is 1. The van der Waals surface area contributed by atoms with Gasteiger partial charge < -0.3 is 15.2 Å². The molecule has 0 bridgehead atoms. The highest BCUT2D eigenvalue weighted by atomic mass is 35.5. The molecule has 1 aromatic heterocycles. The Hall–Kier alpha value is -3.94. The molecule has 4 aromatic rings. The smallest absolute Gasteiger partial charge is 0.336 e. The number of carboxylic acids is 1. The molecular weight excluding hydrogens is 454 g/mol. The number of halogens is 1. The molecule has 1 heterocycles. The van der Waals surface area contributed by atoms with Crippen LogP contribution in [-0.4, -0.2) is 40.3 Å². The molecule has 0 aliphatic heterocycles. The number of hydrogen-bond donors (Lipinski definition) is 3. The summed E-state index contributed by atoms with van der Waals surface area (Å²) in [4.78, 5) is 23.9. The first kappa shape index (κ1) is 23.2. The van der Waals surface area contributed by atoms with Crippen LogP contribution in [0.15, 0.2) is 85.2 Å². The van der Waals surface area contributed by atoms with Gasteiger partial charge in [0.2, 0.25) is 0 Å². The number of H-pyrrole nitrogens is 1. The number of amides is 1. The third-order valence-corrected chi connectivity index (χ3v) is 5.54. The maximum Gasteiger partial charge on any atom is 0.336 e. The van der Waals surface area contributed by atoms with E-state index < -0.39 is 11.9 Å². The SMILES string of the molecule is O=C(O)c1ccccc1C(=O)NCCOC(c1ccc(Cl)cc1)c1ccc(-c2cn[nH]c2)cc1. The number of aromatic carboxylic acids is 1. The summed E-state index contributed by atoms with van der Waals surface area (Å²) in [5.41, 5.74) is 3.94. The van der Waals surface area contributed by atoms with E-state index >= 15 is 0 Å². The maximum absolute atomic E-state index is 12.5. The summed E-state index contributed by atoms with van der Waals surface area (Å²) in [6.07, 6.45) is 3.21. The second kappa shape index (κ2) is 10.8. The minimum Gasteiger partial charge on any atom is -0.478 e. The summed E-state index contributed by atoms with van der Waals surface area (Å²) in [5, 5.41) is 19.4. The van der Waals surface area contributed by atoms with Crippen molar-refractivity contribution < 1.29 is 19.4 Å². The molecular formula is C26H22ClN3O4. The lowest BCUT2D eigenvalue weighted by atomic mass is 9.99. The third-order valence-electron chi connectivity index (χ3n) is 5.29. The largest absolute Gasteiger partial charge is 0.478 e. The molecule has 172 valence electrons. The number of rotatable bonds is 9. The zero-order valence-corrected chi connectivity index (χ0v) is 18.8. The molecule has 1 unspecified atom stereocenters. The van der Waals surface area contributed by atoms with Crippen LogP contribution in [0.25, 0.3) is 11.1 Å². The first-order valence-corrected chi connectivity index (χ1v) is 11.0. The van der Waals surface area contributed by atoms with E-state index in [1.54, 1.807) is 30.5 Å². The molecule has 7 nitrogen and oxygen atoms in total. The van der Waals surface area contributed by atoms with Gasteiger partial charge in [0.1, 0.15) is 6.10 Å². The Labute approximate surface area is 201 Å². The van der Waals surface area contributed by atoms with Gasteiger partial charge >= 0.3 is 5.97 Å². The van der Waals surface area contributed by atoms with Crippen molar-refractivity contribution in [1.29, 1.82) is 0 Å². The van der Waals surface area contributed by atoms with Gasteiger partial charge in [0.05, 0.1) is 23.9 Å². The van der Waals surface area contributed by atoms with Gasteiger partial charge in [-0.3, -0.25) is 9.89 Å². The van der Waals surface area contributed by atoms with Crippen molar-refractivity contribution in [1.82, 2.24) is 15.5 Å². The number of nitrogens with zero attached hydrogens (tertiary/aromatic N) is 1. The molecule has 0 fully saturated rings. The van der Waals surface area contributed by atoms with Gasteiger partial charge in [-0.05, 0) is 41.0 Å². The van der Waals surface area contributed by atoms with Gasteiger partial charge in [0.25, 0.3) is 5.91 Å². The molecule has 3 N–H and O–H groups in total. The van der Waals surface area contributed by atoms with Gasteiger partial charge in [0, 0.05) is 23.3 Å². The molecule has 34 heavy (non-hydrogen) atoms. The van der Waals surface area contributed by atoms with Crippen LogP contribution in [0, 0.1) is 0 Å². The summed E-state index contributed by atoms with van der Waals surface area (Å²) < 4.78 is 6.16. The van der Waals surface area contributed by atoms with Crippen molar-refractivity contribution in [2.24, 2.45) is 0 Å². The van der Waals surface area contributed by atoms with E-state index in [4.69, 9.17) is 16.3 Å². The number of hydrogen-bond acceptors (Lipinski definition) is 4. The van der Waals surface area contributed by atoms with Crippen LogP contribution in [0.5, 0.6) is 0 Å². The molecule has 0 radical (unpaired) electrons. The highest BCUT2D eigenvalue weighted by Crippen LogP contribution is 2.29. The fourth-order valence-corrected chi connectivity index (χ4v) is 3.71. The number of aromatic nitrogens is 2. The van der Waals surface area contributed by atoms with Crippen LogP contribution in [0.2, 0.25) is 5.02 Å². The molecule has 0 aliphatic rings. The Balaban J connectivity index is 1.45. The van der Waals surface area contributed by atoms with E-state index in [9.17, 15) is 14.7 Å². The van der Waals surface area contributed by atoms with Crippen molar-refractivity contribution in [3.63, 3.8) is 0 Å². The number of carboxylic acid groups (broad SMARTS) is 1. The Morgan fingerprint density at radius 3 is 2.21 bits per heavy atom. The average Bonchev–Trinajstić information content (AvgIpc) is 3.40. The molecule has 0 saturated carbocycles. The molecule has 1 atom stereocenters. The van der Waals surface area contributed by atoms with E-state index in [-0.39, 0.29) is 30.4 Å². The fourth-order valence-electron chi connectivity index (χ4n) is 3.59. The number of ether oxygens (including phenoxy) is 1. The summed E-state index contributed by atoms with van der Waals surface area (Å²) in [6.45, 7) is 0.432. The molecule has 8 heteroatoms. The minimum atomic E-state index is -1.15. The van der Waals surface area contributed by atoms with Gasteiger partial charge in [-0.2, -0.15) is 5.10 Å². The third kappa shape index (κ3) is 5.51. The highest BCUT2D eigenvalue weighted by molar-refractivity contribution is 6.30. The van der Waals surface area contributed by atoms with Crippen molar-refractivity contribution in [3.8, 4) is 11.1 Å². The van der Waals surface area contributed by atoms with E-state index in [2.05, 4.69) is 15.5 Å². The van der Waals surface area contributed by atoms with Crippen molar-refractivity contribution in [2.45, 2.75) is 6.10 Å². The highest BCUT2D eigenvalue weighted by Gasteiger charge is 2.17. The lowest BCUT2D eigenvalue weighted by Gasteiger charge is -2.20. The van der Waals surface area contributed by atoms with E-state index in [1.165, 1.54) is 12.1 Å². The molecule has 0 spiro atoms. The average molecular weight is 476 g/mol. The van der Waals surface area contributed by atoms with Crippen LogP contribution in [-0.2, 0) is 4.74 Å². The summed E-state index contributed by atoms with van der Waals surface area (Å²) in [5.74, 6) is -1.61. The molecule has 3 aromatic carbocycles. The van der Waals surface area contributed by atoms with Gasteiger partial charge in [-0.1, -0.05) is 60.1 Å². The number of benzene rings is 3. The van der Waals surface area contributed by atoms with Crippen LogP contribution in [0.1, 0.15) is 37.9 Å². The van der Waals surface area contributed by atoms with Gasteiger partial charge in [-0.15, -0.1) is 0 Å². The first-order chi connectivity index (χ1) is 16.5. The normalized spacial score (nSPS) is 11.7. The number of carbonyl (C=O) groups is 2. The summed E-state index contributed by atoms with van der Waals surface area (Å²) in [6, 6.07) is 21.5. The van der Waals surface area contributed by atoms with Crippen LogP contribution >= 0.6 is 11.6 Å². The van der Waals surface area contributed by atoms with Crippen molar-refractivity contribution >= 4 is 23.5 Å². The van der Waals surface area contributed by atoms with E-state index in [0.717, 1.165) is 22.3 Å². The summed E-state index contributed by atoms with van der Waals surface area (Å²) >= 11 is 6.06. The van der Waals surface area contributed by atoms with E-state index in [1.807, 2.05) is 42.6 Å². The van der Waals surface area contributed by atoms with Crippen LogP contribution in [0.4, 0.5) is 0 Å². The monoisotopic (exact) mass is 475 g/mol. The van der Waals surface area contributed by atoms with Gasteiger partial charge in [0.15, 0.2) is 0 Å². The summed E-state index contributed by atoms with van der Waals surface area (Å²) in [7, 11) is 0.